The Kier molecular flexibility index (Phi) is 2.98. The predicted molar refractivity (Wildman–Crippen MR) is 55.0 cm³/mol. The van der Waals surface area contributed by atoms with E-state index in [1.165, 1.54) is 0 Å². The zero-order valence-corrected chi connectivity index (χ0v) is 8.69. The highest BCUT2D eigenvalue weighted by Gasteiger charge is 2.18. The molecule has 1 aliphatic heterocycles. The van der Waals surface area contributed by atoms with Gasteiger partial charge < -0.3 is 10.0 Å². The van der Waals surface area contributed by atoms with Crippen LogP contribution in [0, 0.1) is 5.82 Å². The van der Waals surface area contributed by atoms with Gasteiger partial charge in [-0.15, -0.1) is 0 Å². The lowest BCUT2D eigenvalue weighted by molar-refractivity contribution is 0.0684. The van der Waals surface area contributed by atoms with Gasteiger partial charge in [-0.2, -0.15) is 0 Å². The van der Waals surface area contributed by atoms with Gasteiger partial charge in [0.05, 0.1) is 6.20 Å². The van der Waals surface area contributed by atoms with Gasteiger partial charge in [-0.05, 0) is 19.3 Å². The van der Waals surface area contributed by atoms with Crippen molar-refractivity contribution in [3.05, 3.63) is 17.7 Å². The molecule has 5 nitrogen and oxygen atoms in total. The van der Waals surface area contributed by atoms with Crippen molar-refractivity contribution in [2.24, 2.45) is 0 Å². The molecule has 0 saturated carbocycles. The summed E-state index contributed by atoms with van der Waals surface area (Å²) >= 11 is 0. The van der Waals surface area contributed by atoms with Gasteiger partial charge in [0.2, 0.25) is 5.95 Å². The fourth-order valence-electron chi connectivity index (χ4n) is 1.75. The summed E-state index contributed by atoms with van der Waals surface area (Å²) in [6.07, 6.45) is 4.14. The van der Waals surface area contributed by atoms with E-state index in [9.17, 15) is 9.18 Å². The minimum atomic E-state index is -1.36. The molecular formula is C10H12FN3O2. The molecule has 0 amide bonds. The number of hydrogen-bond acceptors (Lipinski definition) is 4. The zero-order chi connectivity index (χ0) is 11.5. The molecule has 0 aliphatic carbocycles. The summed E-state index contributed by atoms with van der Waals surface area (Å²) in [5.74, 6) is -1.95. The zero-order valence-electron chi connectivity index (χ0n) is 8.69. The standard InChI is InChI=1S/C10H12FN3O2/c11-7-6-12-10(13-8(7)9(15)16)14-4-2-1-3-5-14/h6H,1-5H2,(H,15,16). The summed E-state index contributed by atoms with van der Waals surface area (Å²) in [5, 5.41) is 8.74. The smallest absolute Gasteiger partial charge is 0.357 e. The third-order valence-corrected chi connectivity index (χ3v) is 2.57. The van der Waals surface area contributed by atoms with E-state index in [1.807, 2.05) is 4.90 Å². The number of nitrogens with zero attached hydrogens (tertiary/aromatic N) is 3. The average molecular weight is 225 g/mol. The summed E-state index contributed by atoms with van der Waals surface area (Å²) < 4.78 is 13.1. The number of hydrogen-bond donors (Lipinski definition) is 1. The number of aromatic carboxylic acids is 1. The molecule has 0 radical (unpaired) electrons. The van der Waals surface area contributed by atoms with Crippen LogP contribution < -0.4 is 4.90 Å². The first-order chi connectivity index (χ1) is 7.68. The Balaban J connectivity index is 2.27. The first-order valence-electron chi connectivity index (χ1n) is 5.19. The number of rotatable bonds is 2. The van der Waals surface area contributed by atoms with Gasteiger partial charge in [0.15, 0.2) is 11.5 Å². The second-order valence-electron chi connectivity index (χ2n) is 3.72. The Bertz CT molecular complexity index is 405. The van der Waals surface area contributed by atoms with Gasteiger partial charge >= 0.3 is 5.97 Å². The minimum absolute atomic E-state index is 0.304. The van der Waals surface area contributed by atoms with Crippen LogP contribution >= 0.6 is 0 Å². The van der Waals surface area contributed by atoms with Crippen molar-refractivity contribution in [3.8, 4) is 0 Å². The number of piperidine rings is 1. The lowest BCUT2D eigenvalue weighted by Gasteiger charge is -2.26. The lowest BCUT2D eigenvalue weighted by Crippen LogP contribution is -2.31. The number of aromatic nitrogens is 2. The molecule has 2 rings (SSSR count). The second kappa shape index (κ2) is 4.42. The molecule has 1 aliphatic rings. The van der Waals surface area contributed by atoms with Crippen LogP contribution in [0.25, 0.3) is 0 Å². The summed E-state index contributed by atoms with van der Waals surface area (Å²) in [4.78, 5) is 20.1. The van der Waals surface area contributed by atoms with Crippen molar-refractivity contribution >= 4 is 11.9 Å². The van der Waals surface area contributed by atoms with Crippen LogP contribution in [0.5, 0.6) is 0 Å². The van der Waals surface area contributed by atoms with E-state index < -0.39 is 17.5 Å². The number of halogens is 1. The van der Waals surface area contributed by atoms with Crippen molar-refractivity contribution in [2.75, 3.05) is 18.0 Å². The highest BCUT2D eigenvalue weighted by molar-refractivity contribution is 5.85. The summed E-state index contributed by atoms with van der Waals surface area (Å²) in [6.45, 7) is 1.59. The fourth-order valence-corrected chi connectivity index (χ4v) is 1.75. The Morgan fingerprint density at radius 2 is 2.06 bits per heavy atom. The molecule has 1 aromatic heterocycles. The molecule has 1 saturated heterocycles. The average Bonchev–Trinajstić information content (AvgIpc) is 2.30. The highest BCUT2D eigenvalue weighted by atomic mass is 19.1. The molecule has 0 unspecified atom stereocenters. The van der Waals surface area contributed by atoms with Gasteiger partial charge in [-0.3, -0.25) is 0 Å². The Morgan fingerprint density at radius 3 is 2.69 bits per heavy atom. The maximum Gasteiger partial charge on any atom is 0.357 e. The van der Waals surface area contributed by atoms with E-state index in [1.54, 1.807) is 0 Å². The molecule has 6 heteroatoms. The first-order valence-corrected chi connectivity index (χ1v) is 5.19. The van der Waals surface area contributed by atoms with E-state index in [0.29, 0.717) is 5.95 Å². The van der Waals surface area contributed by atoms with Crippen LogP contribution in [0.4, 0.5) is 10.3 Å². The van der Waals surface area contributed by atoms with Gasteiger partial charge in [-0.25, -0.2) is 19.2 Å². The van der Waals surface area contributed by atoms with E-state index in [-0.39, 0.29) is 0 Å². The molecular weight excluding hydrogens is 213 g/mol. The van der Waals surface area contributed by atoms with Crippen molar-refractivity contribution < 1.29 is 14.3 Å². The molecule has 0 bridgehead atoms. The third kappa shape index (κ3) is 2.10. The normalized spacial score (nSPS) is 16.2. The molecule has 0 spiro atoms. The SMILES string of the molecule is O=C(O)c1nc(N2CCCCC2)ncc1F. The summed E-state index contributed by atoms with van der Waals surface area (Å²) in [5.41, 5.74) is -0.560. The maximum atomic E-state index is 13.1. The summed E-state index contributed by atoms with van der Waals surface area (Å²) in [7, 11) is 0. The van der Waals surface area contributed by atoms with E-state index in [2.05, 4.69) is 9.97 Å². The minimum Gasteiger partial charge on any atom is -0.476 e. The Hall–Kier alpha value is -1.72. The Labute approximate surface area is 91.9 Å². The van der Waals surface area contributed by atoms with Gasteiger partial charge in [0.1, 0.15) is 0 Å². The monoisotopic (exact) mass is 225 g/mol. The number of carbonyl (C=O) groups is 1. The van der Waals surface area contributed by atoms with Crippen LogP contribution in [0.15, 0.2) is 6.20 Å². The van der Waals surface area contributed by atoms with Gasteiger partial charge in [0, 0.05) is 13.1 Å². The largest absolute Gasteiger partial charge is 0.476 e. The van der Waals surface area contributed by atoms with Crippen molar-refractivity contribution in [1.82, 2.24) is 9.97 Å². The topological polar surface area (TPSA) is 66.3 Å². The van der Waals surface area contributed by atoms with Crippen molar-refractivity contribution in [2.45, 2.75) is 19.3 Å². The van der Waals surface area contributed by atoms with E-state index in [4.69, 9.17) is 5.11 Å². The molecule has 1 fully saturated rings. The maximum absolute atomic E-state index is 13.1. The summed E-state index contributed by atoms with van der Waals surface area (Å²) in [6, 6.07) is 0. The van der Waals surface area contributed by atoms with Gasteiger partial charge in [-0.1, -0.05) is 0 Å². The van der Waals surface area contributed by atoms with Crippen molar-refractivity contribution in [3.63, 3.8) is 0 Å². The Morgan fingerprint density at radius 1 is 1.38 bits per heavy atom. The van der Waals surface area contributed by atoms with Gasteiger partial charge in [0.25, 0.3) is 0 Å². The molecule has 2 heterocycles. The molecule has 1 N–H and O–H groups in total. The molecule has 0 atom stereocenters. The number of carboxylic acid groups (broad SMARTS) is 1. The predicted octanol–water partition coefficient (Wildman–Crippen LogP) is 1.30. The quantitative estimate of drug-likeness (QED) is 0.821. The number of anilines is 1. The molecule has 86 valence electrons. The van der Waals surface area contributed by atoms with E-state index in [0.717, 1.165) is 38.5 Å². The van der Waals surface area contributed by atoms with Crippen LogP contribution in [0.1, 0.15) is 29.8 Å². The van der Waals surface area contributed by atoms with Crippen LogP contribution in [-0.4, -0.2) is 34.1 Å². The lowest BCUT2D eigenvalue weighted by atomic mass is 10.1. The third-order valence-electron chi connectivity index (χ3n) is 2.57. The van der Waals surface area contributed by atoms with Crippen LogP contribution in [-0.2, 0) is 0 Å². The highest BCUT2D eigenvalue weighted by Crippen LogP contribution is 2.16. The fraction of sp³-hybridized carbons (Fsp3) is 0.500. The van der Waals surface area contributed by atoms with Crippen molar-refractivity contribution in [1.29, 1.82) is 0 Å². The molecule has 1 aromatic rings. The first kappa shape index (κ1) is 10.8. The molecule has 0 aromatic carbocycles. The van der Waals surface area contributed by atoms with Crippen LogP contribution in [0.2, 0.25) is 0 Å². The van der Waals surface area contributed by atoms with E-state index >= 15 is 0 Å². The molecule has 16 heavy (non-hydrogen) atoms. The number of carboxylic acids is 1. The second-order valence-corrected chi connectivity index (χ2v) is 3.72. The van der Waals surface area contributed by atoms with Crippen LogP contribution in [0.3, 0.4) is 0 Å².